The number of aryl methyl sites for hydroxylation is 2. The van der Waals surface area contributed by atoms with Crippen molar-refractivity contribution in [1.29, 1.82) is 0 Å². The normalized spacial score (nSPS) is 11.8. The van der Waals surface area contributed by atoms with E-state index in [1.165, 1.54) is 5.56 Å². The number of ether oxygens (including phenoxy) is 3. The molecule has 0 aliphatic carbocycles. The number of methoxy groups -OCH3 is 2. The first kappa shape index (κ1) is 26.8. The van der Waals surface area contributed by atoms with Crippen LogP contribution in [0.3, 0.4) is 0 Å². The number of aliphatic imine (C=N–C) groups is 1. The molecule has 1 heterocycles. The molecule has 0 saturated heterocycles. The van der Waals surface area contributed by atoms with E-state index in [9.17, 15) is 0 Å². The maximum absolute atomic E-state index is 5.69. The molecule has 3 rings (SSSR count). The number of hydrazone groups is 1. The van der Waals surface area contributed by atoms with Crippen molar-refractivity contribution in [3.05, 3.63) is 68.4 Å². The highest BCUT2D eigenvalue weighted by Gasteiger charge is 2.06. The molecule has 0 fully saturated rings. The third-order valence-electron chi connectivity index (χ3n) is 5.08. The third-order valence-corrected chi connectivity index (χ3v) is 6.32. The number of benzene rings is 2. The van der Waals surface area contributed by atoms with Crippen LogP contribution in [0.15, 0.2) is 61.6 Å². The van der Waals surface area contributed by atoms with Gasteiger partial charge in [0.2, 0.25) is 0 Å². The molecule has 3 aromatic rings. The van der Waals surface area contributed by atoms with Gasteiger partial charge in [0.05, 0.1) is 42.6 Å². The lowest BCUT2D eigenvalue weighted by atomic mass is 10.1. The fourth-order valence-electron chi connectivity index (χ4n) is 3.22. The molecule has 0 atom stereocenters. The van der Waals surface area contributed by atoms with Gasteiger partial charge < -0.3 is 20.1 Å². The summed E-state index contributed by atoms with van der Waals surface area (Å²) in [4.78, 5) is 4.40. The third kappa shape index (κ3) is 8.44. The predicted octanol–water partition coefficient (Wildman–Crippen LogP) is 4.21. The molecule has 0 saturated carbocycles. The van der Waals surface area contributed by atoms with Crippen LogP contribution in [0, 0.1) is 0 Å². The Morgan fingerprint density at radius 1 is 1.03 bits per heavy atom. The van der Waals surface area contributed by atoms with Crippen molar-refractivity contribution in [2.24, 2.45) is 15.9 Å². The van der Waals surface area contributed by atoms with E-state index in [2.05, 4.69) is 52.3 Å². The lowest BCUT2D eigenvalue weighted by molar-refractivity contribution is 0.156. The second-order valence-corrected chi connectivity index (χ2v) is 9.27. The lowest BCUT2D eigenvalue weighted by Crippen LogP contribution is -2.13. The average Bonchev–Trinajstić information content (AvgIpc) is 3.32. The summed E-state index contributed by atoms with van der Waals surface area (Å²) >= 11 is 7.01. The minimum Gasteiger partial charge on any atom is -0.496 e. The van der Waals surface area contributed by atoms with Crippen LogP contribution in [0.2, 0.25) is 0 Å². The lowest BCUT2D eigenvalue weighted by Gasteiger charge is -2.06. The molecule has 0 spiro atoms. The van der Waals surface area contributed by atoms with Crippen LogP contribution in [0.25, 0.3) is 0 Å². The summed E-state index contributed by atoms with van der Waals surface area (Å²) in [5.41, 5.74) is 3.62. The number of rotatable bonds is 13. The molecule has 0 unspecified atom stereocenters. The van der Waals surface area contributed by atoms with Crippen molar-refractivity contribution in [2.45, 2.75) is 26.0 Å². The second kappa shape index (κ2) is 14.0. The highest BCUT2D eigenvalue weighted by atomic mass is 79.9. The van der Waals surface area contributed by atoms with Crippen molar-refractivity contribution in [3.8, 4) is 11.5 Å². The van der Waals surface area contributed by atoms with Gasteiger partial charge in [-0.25, -0.2) is 0 Å². The van der Waals surface area contributed by atoms with E-state index in [0.29, 0.717) is 25.4 Å². The van der Waals surface area contributed by atoms with Crippen LogP contribution in [-0.2, 0) is 30.7 Å². The summed E-state index contributed by atoms with van der Waals surface area (Å²) in [5.74, 6) is 7.09. The Hall–Kier alpha value is -2.76. The summed E-state index contributed by atoms with van der Waals surface area (Å²) in [6, 6.07) is 12.0. The van der Waals surface area contributed by atoms with Gasteiger partial charge in [-0.1, -0.05) is 17.3 Å². The first-order chi connectivity index (χ1) is 17.0. The fraction of sp³-hybridized carbons (Fsp3) is 0.333. The van der Waals surface area contributed by atoms with E-state index in [4.69, 9.17) is 20.1 Å². The van der Waals surface area contributed by atoms with Crippen molar-refractivity contribution in [1.82, 2.24) is 15.0 Å². The molecule has 35 heavy (non-hydrogen) atoms. The average molecular weight is 608 g/mol. The Labute approximate surface area is 221 Å². The predicted molar refractivity (Wildman–Crippen MR) is 143 cm³/mol. The zero-order valence-electron chi connectivity index (χ0n) is 19.7. The first-order valence-corrected chi connectivity index (χ1v) is 12.5. The molecule has 9 nitrogen and oxygen atoms in total. The van der Waals surface area contributed by atoms with Crippen molar-refractivity contribution in [2.75, 3.05) is 27.4 Å². The molecular formula is C24H28Br2N6O3. The van der Waals surface area contributed by atoms with Gasteiger partial charge in [0.1, 0.15) is 22.9 Å². The van der Waals surface area contributed by atoms with E-state index in [0.717, 1.165) is 44.5 Å². The van der Waals surface area contributed by atoms with E-state index >= 15 is 0 Å². The van der Waals surface area contributed by atoms with Gasteiger partial charge in [0.15, 0.2) is 0 Å². The Balaban J connectivity index is 1.39. The molecular weight excluding hydrogens is 580 g/mol. The summed E-state index contributed by atoms with van der Waals surface area (Å²) < 4.78 is 19.9. The fourth-order valence-corrected chi connectivity index (χ4v) is 4.40. The standard InChI is InChI=1S/C24H28Br2N6O3/c1-33-23-5-3-17(11-21(23)25)7-9-28-13-19(29-27)15-35-16-20-14-32(31-30-20)10-8-18-4-6-24(34-2)22(26)12-18/h3-6,11-14H,7-10,15-16,27H2,1-2H3. The van der Waals surface area contributed by atoms with Gasteiger partial charge in [-0.15, -0.1) is 5.10 Å². The maximum Gasteiger partial charge on any atom is 0.133 e. The van der Waals surface area contributed by atoms with Crippen molar-refractivity contribution in [3.63, 3.8) is 0 Å². The zero-order valence-corrected chi connectivity index (χ0v) is 22.8. The molecule has 0 radical (unpaired) electrons. The van der Waals surface area contributed by atoms with Crippen LogP contribution < -0.4 is 15.3 Å². The van der Waals surface area contributed by atoms with Gasteiger partial charge in [0.25, 0.3) is 0 Å². The second-order valence-electron chi connectivity index (χ2n) is 7.56. The molecule has 0 aliphatic heterocycles. The summed E-state index contributed by atoms with van der Waals surface area (Å²) in [6.45, 7) is 1.86. The van der Waals surface area contributed by atoms with Crippen LogP contribution >= 0.6 is 31.9 Å². The summed E-state index contributed by atoms with van der Waals surface area (Å²) in [5, 5.41) is 12.1. The summed E-state index contributed by atoms with van der Waals surface area (Å²) in [7, 11) is 3.29. The van der Waals surface area contributed by atoms with E-state index in [-0.39, 0.29) is 6.61 Å². The first-order valence-electron chi connectivity index (χ1n) is 10.9. The molecule has 1 aromatic heterocycles. The van der Waals surface area contributed by atoms with Crippen LogP contribution in [0.5, 0.6) is 11.5 Å². The van der Waals surface area contributed by atoms with Gasteiger partial charge in [-0.3, -0.25) is 9.67 Å². The largest absolute Gasteiger partial charge is 0.496 e. The Morgan fingerprint density at radius 3 is 2.29 bits per heavy atom. The number of nitrogens with zero attached hydrogens (tertiary/aromatic N) is 5. The van der Waals surface area contributed by atoms with Crippen molar-refractivity contribution < 1.29 is 14.2 Å². The van der Waals surface area contributed by atoms with Gasteiger partial charge in [-0.05, 0) is 80.1 Å². The number of hydrogen-bond donors (Lipinski definition) is 1. The van der Waals surface area contributed by atoms with E-state index < -0.39 is 0 Å². The minimum absolute atomic E-state index is 0.237. The monoisotopic (exact) mass is 606 g/mol. The molecule has 0 aliphatic rings. The van der Waals surface area contributed by atoms with Crippen LogP contribution in [-0.4, -0.2) is 54.3 Å². The van der Waals surface area contributed by atoms with E-state index in [1.54, 1.807) is 25.1 Å². The number of aromatic nitrogens is 3. The molecule has 2 N–H and O–H groups in total. The van der Waals surface area contributed by atoms with E-state index in [1.807, 2.05) is 42.6 Å². The number of nitrogens with two attached hydrogens (primary N) is 1. The quantitative estimate of drug-likeness (QED) is 0.177. The minimum atomic E-state index is 0.237. The molecule has 0 amide bonds. The van der Waals surface area contributed by atoms with Crippen molar-refractivity contribution >= 4 is 43.8 Å². The Morgan fingerprint density at radius 2 is 1.69 bits per heavy atom. The highest BCUT2D eigenvalue weighted by Crippen LogP contribution is 2.26. The molecule has 186 valence electrons. The SMILES string of the molecule is COc1ccc(CCN=CC(COCc2cn(CCc3ccc(OC)c(Br)c3)nn2)=NN)cc1Br. The van der Waals surface area contributed by atoms with Gasteiger partial charge in [0, 0.05) is 19.3 Å². The molecule has 2 aromatic carbocycles. The Kier molecular flexibility index (Phi) is 10.7. The maximum atomic E-state index is 5.69. The molecule has 11 heteroatoms. The number of hydrogen-bond acceptors (Lipinski definition) is 8. The smallest absolute Gasteiger partial charge is 0.133 e. The van der Waals surface area contributed by atoms with Crippen LogP contribution in [0.4, 0.5) is 0 Å². The van der Waals surface area contributed by atoms with Gasteiger partial charge in [-0.2, -0.15) is 5.10 Å². The van der Waals surface area contributed by atoms with Crippen LogP contribution in [0.1, 0.15) is 16.8 Å². The highest BCUT2D eigenvalue weighted by molar-refractivity contribution is 9.10. The van der Waals surface area contributed by atoms with Gasteiger partial charge >= 0.3 is 0 Å². The summed E-state index contributed by atoms with van der Waals surface area (Å²) in [6.07, 6.45) is 5.12. The molecule has 0 bridgehead atoms. The zero-order chi connectivity index (χ0) is 25.0. The number of halogens is 2. The topological polar surface area (TPSA) is 109 Å². The Bertz CT molecular complexity index is 1170.